The number of thiophene rings is 2. The van der Waals surface area contributed by atoms with Gasteiger partial charge in [-0.3, -0.25) is 5.84 Å². The van der Waals surface area contributed by atoms with Crippen molar-refractivity contribution in [1.82, 2.24) is 5.43 Å². The van der Waals surface area contributed by atoms with Crippen LogP contribution < -0.4 is 11.3 Å². The molecule has 3 N–H and O–H groups in total. The van der Waals surface area contributed by atoms with E-state index in [0.717, 1.165) is 0 Å². The Kier molecular flexibility index (Phi) is 3.18. The van der Waals surface area contributed by atoms with E-state index in [1.165, 1.54) is 26.1 Å². The maximum Gasteiger partial charge on any atom is 0.0732 e. The summed E-state index contributed by atoms with van der Waals surface area (Å²) >= 11 is 3.53. The minimum atomic E-state index is 0.0751. The average Bonchev–Trinajstić information content (AvgIpc) is 2.98. The number of hydrazine groups is 1. The summed E-state index contributed by atoms with van der Waals surface area (Å²) < 4.78 is 1.31. The Bertz CT molecular complexity index is 669. The number of rotatable bonds is 3. The Morgan fingerprint density at radius 3 is 2.72 bits per heavy atom. The van der Waals surface area contributed by atoms with Crippen LogP contribution in [0.3, 0.4) is 0 Å². The lowest BCUT2D eigenvalue weighted by Crippen LogP contribution is -2.28. The number of nitrogens with two attached hydrogens (primary N) is 1. The predicted octanol–water partition coefficient (Wildman–Crippen LogP) is 3.82. The Hall–Kier alpha value is -1.20. The van der Waals surface area contributed by atoms with Crippen molar-refractivity contribution in [3.8, 4) is 0 Å². The average molecular weight is 274 g/mol. The fourth-order valence-corrected chi connectivity index (χ4v) is 3.92. The Morgan fingerprint density at radius 2 is 2.00 bits per heavy atom. The number of hydrogen-bond acceptors (Lipinski definition) is 4. The van der Waals surface area contributed by atoms with Crippen LogP contribution in [0.1, 0.15) is 22.0 Å². The number of fused-ring (bicyclic) bond motifs is 1. The molecular formula is C14H14N2S2. The topological polar surface area (TPSA) is 38.0 Å². The van der Waals surface area contributed by atoms with E-state index in [1.54, 1.807) is 22.7 Å². The highest BCUT2D eigenvalue weighted by Crippen LogP contribution is 2.34. The van der Waals surface area contributed by atoms with Gasteiger partial charge in [0.15, 0.2) is 0 Å². The van der Waals surface area contributed by atoms with Crippen molar-refractivity contribution < 1.29 is 0 Å². The summed E-state index contributed by atoms with van der Waals surface area (Å²) in [6.07, 6.45) is 0. The van der Waals surface area contributed by atoms with E-state index in [1.807, 2.05) is 0 Å². The molecule has 2 aromatic heterocycles. The summed E-state index contributed by atoms with van der Waals surface area (Å²) in [4.78, 5) is 1.31. The van der Waals surface area contributed by atoms with Gasteiger partial charge in [0.25, 0.3) is 0 Å². The molecule has 1 atom stereocenters. The summed E-state index contributed by atoms with van der Waals surface area (Å²) in [5, 5.41) is 5.66. The van der Waals surface area contributed by atoms with Gasteiger partial charge in [-0.15, -0.1) is 22.7 Å². The molecule has 0 spiro atoms. The van der Waals surface area contributed by atoms with Gasteiger partial charge in [0.05, 0.1) is 6.04 Å². The van der Waals surface area contributed by atoms with Gasteiger partial charge in [0, 0.05) is 9.58 Å². The first-order valence-electron chi connectivity index (χ1n) is 5.77. The fourth-order valence-electron chi connectivity index (χ4n) is 2.20. The van der Waals surface area contributed by atoms with Crippen LogP contribution in [0.15, 0.2) is 41.1 Å². The van der Waals surface area contributed by atoms with Gasteiger partial charge in [0.2, 0.25) is 0 Å². The van der Waals surface area contributed by atoms with Crippen LogP contribution >= 0.6 is 22.7 Å². The van der Waals surface area contributed by atoms with Crippen molar-refractivity contribution in [2.75, 3.05) is 0 Å². The zero-order valence-electron chi connectivity index (χ0n) is 10.0. The maximum atomic E-state index is 5.76. The molecule has 2 nitrogen and oxygen atoms in total. The minimum Gasteiger partial charge on any atom is -0.271 e. The van der Waals surface area contributed by atoms with Gasteiger partial charge in [-0.05, 0) is 46.3 Å². The molecule has 0 aliphatic carbocycles. The molecule has 0 aliphatic heterocycles. The summed E-state index contributed by atoms with van der Waals surface area (Å²) in [5.74, 6) is 5.76. The largest absolute Gasteiger partial charge is 0.271 e. The molecule has 0 saturated carbocycles. The third-order valence-electron chi connectivity index (χ3n) is 3.07. The molecule has 3 aromatic rings. The van der Waals surface area contributed by atoms with Crippen LogP contribution in [0.2, 0.25) is 0 Å². The van der Waals surface area contributed by atoms with E-state index in [0.29, 0.717) is 0 Å². The molecule has 18 heavy (non-hydrogen) atoms. The van der Waals surface area contributed by atoms with Crippen molar-refractivity contribution in [2.45, 2.75) is 13.0 Å². The first kappa shape index (κ1) is 11.9. The lowest BCUT2D eigenvalue weighted by Gasteiger charge is -2.14. The Balaban J connectivity index is 2.11. The third-order valence-corrected chi connectivity index (χ3v) is 4.93. The quantitative estimate of drug-likeness (QED) is 0.563. The van der Waals surface area contributed by atoms with Gasteiger partial charge < -0.3 is 0 Å². The second kappa shape index (κ2) is 4.82. The van der Waals surface area contributed by atoms with E-state index in [4.69, 9.17) is 5.84 Å². The van der Waals surface area contributed by atoms with Crippen LogP contribution in [0.5, 0.6) is 0 Å². The summed E-state index contributed by atoms with van der Waals surface area (Å²) in [7, 11) is 0. The van der Waals surface area contributed by atoms with Gasteiger partial charge in [-0.25, -0.2) is 5.43 Å². The maximum absolute atomic E-state index is 5.76. The highest BCUT2D eigenvalue weighted by molar-refractivity contribution is 7.17. The molecule has 3 rings (SSSR count). The molecule has 0 aliphatic rings. The molecule has 0 fully saturated rings. The number of benzene rings is 1. The lowest BCUT2D eigenvalue weighted by molar-refractivity contribution is 0.644. The minimum absolute atomic E-state index is 0.0751. The van der Waals surface area contributed by atoms with Crippen LogP contribution in [0.25, 0.3) is 10.1 Å². The van der Waals surface area contributed by atoms with Crippen LogP contribution in [0, 0.1) is 6.92 Å². The molecule has 2 heterocycles. The zero-order valence-corrected chi connectivity index (χ0v) is 11.6. The van der Waals surface area contributed by atoms with Crippen molar-refractivity contribution in [3.05, 3.63) is 57.1 Å². The first-order chi connectivity index (χ1) is 8.79. The molecular weight excluding hydrogens is 260 g/mol. The molecule has 0 saturated heterocycles. The highest BCUT2D eigenvalue weighted by atomic mass is 32.1. The van der Waals surface area contributed by atoms with Crippen LogP contribution in [-0.4, -0.2) is 0 Å². The van der Waals surface area contributed by atoms with E-state index < -0.39 is 0 Å². The van der Waals surface area contributed by atoms with Crippen molar-refractivity contribution in [2.24, 2.45) is 5.84 Å². The summed E-state index contributed by atoms with van der Waals surface area (Å²) in [5.41, 5.74) is 5.44. The van der Waals surface area contributed by atoms with E-state index in [9.17, 15) is 0 Å². The normalized spacial score (nSPS) is 13.0. The SMILES string of the molecule is Cc1cc(C(NN)c2csc3ccccc23)cs1. The van der Waals surface area contributed by atoms with Gasteiger partial charge >= 0.3 is 0 Å². The smallest absolute Gasteiger partial charge is 0.0732 e. The predicted molar refractivity (Wildman–Crippen MR) is 80.0 cm³/mol. The molecule has 1 aromatic carbocycles. The number of hydrogen-bond donors (Lipinski definition) is 2. The second-order valence-corrected chi connectivity index (χ2v) is 6.30. The molecule has 92 valence electrons. The van der Waals surface area contributed by atoms with Crippen LogP contribution in [-0.2, 0) is 0 Å². The lowest BCUT2D eigenvalue weighted by atomic mass is 10.0. The summed E-state index contributed by atoms with van der Waals surface area (Å²) in [6, 6.07) is 10.7. The Morgan fingerprint density at radius 1 is 1.17 bits per heavy atom. The summed E-state index contributed by atoms with van der Waals surface area (Å²) in [6.45, 7) is 2.12. The van der Waals surface area contributed by atoms with Gasteiger partial charge in [-0.2, -0.15) is 0 Å². The molecule has 0 bridgehead atoms. The molecule has 4 heteroatoms. The van der Waals surface area contributed by atoms with E-state index >= 15 is 0 Å². The molecule has 0 radical (unpaired) electrons. The molecule has 0 amide bonds. The standard InChI is InChI=1S/C14H14N2S2/c1-9-6-10(7-17-9)14(16-15)12-8-18-13-5-3-2-4-11(12)13/h2-8,14,16H,15H2,1H3. The van der Waals surface area contributed by atoms with Crippen LogP contribution in [0.4, 0.5) is 0 Å². The van der Waals surface area contributed by atoms with E-state index in [-0.39, 0.29) is 6.04 Å². The zero-order chi connectivity index (χ0) is 12.5. The second-order valence-electron chi connectivity index (χ2n) is 4.28. The molecule has 1 unspecified atom stereocenters. The highest BCUT2D eigenvalue weighted by Gasteiger charge is 2.17. The van der Waals surface area contributed by atoms with Crippen molar-refractivity contribution in [3.63, 3.8) is 0 Å². The van der Waals surface area contributed by atoms with Gasteiger partial charge in [-0.1, -0.05) is 18.2 Å². The van der Waals surface area contributed by atoms with E-state index in [2.05, 4.69) is 53.4 Å². The van der Waals surface area contributed by atoms with Gasteiger partial charge in [0.1, 0.15) is 0 Å². The first-order valence-corrected chi connectivity index (χ1v) is 7.53. The van der Waals surface area contributed by atoms with Crippen molar-refractivity contribution >= 4 is 32.8 Å². The monoisotopic (exact) mass is 274 g/mol. The third kappa shape index (κ3) is 1.97. The number of aryl methyl sites for hydroxylation is 1. The fraction of sp³-hybridized carbons (Fsp3) is 0.143. The Labute approximate surface area is 114 Å². The number of nitrogens with one attached hydrogen (secondary N) is 1. The van der Waals surface area contributed by atoms with Crippen molar-refractivity contribution in [1.29, 1.82) is 0 Å².